The van der Waals surface area contributed by atoms with Gasteiger partial charge in [-0.2, -0.15) is 5.26 Å². The fourth-order valence-corrected chi connectivity index (χ4v) is 3.42. The molecule has 2 bridgehead atoms. The highest BCUT2D eigenvalue weighted by atomic mass is 16.1. The lowest BCUT2D eigenvalue weighted by atomic mass is 9.79. The molecule has 18 heavy (non-hydrogen) atoms. The number of nitriles is 1. The van der Waals surface area contributed by atoms with E-state index in [0.717, 1.165) is 6.42 Å². The molecule has 1 amide bonds. The summed E-state index contributed by atoms with van der Waals surface area (Å²) in [6.45, 7) is 6.00. The van der Waals surface area contributed by atoms with Gasteiger partial charge < -0.3 is 5.32 Å². The number of nitrogens with one attached hydrogen (secondary N) is 1. The second kappa shape index (κ2) is 4.76. The number of carbonyl (C=O) groups is 1. The molecule has 0 aromatic carbocycles. The first-order valence-electron chi connectivity index (χ1n) is 6.77. The maximum atomic E-state index is 12.0. The van der Waals surface area contributed by atoms with E-state index in [-0.39, 0.29) is 11.4 Å². The summed E-state index contributed by atoms with van der Waals surface area (Å²) < 4.78 is 0. The predicted molar refractivity (Wildman–Crippen MR) is 70.5 cm³/mol. The highest BCUT2D eigenvalue weighted by Gasteiger charge is 2.44. The van der Waals surface area contributed by atoms with Gasteiger partial charge in [0.05, 0.1) is 6.07 Å². The number of amides is 1. The van der Waals surface area contributed by atoms with Gasteiger partial charge in [-0.05, 0) is 50.9 Å². The van der Waals surface area contributed by atoms with Crippen LogP contribution in [0.4, 0.5) is 0 Å². The minimum Gasteiger partial charge on any atom is -0.352 e. The molecule has 2 rings (SSSR count). The second-order valence-electron chi connectivity index (χ2n) is 6.64. The highest BCUT2D eigenvalue weighted by molar-refractivity contribution is 5.77. The van der Waals surface area contributed by atoms with E-state index in [9.17, 15) is 4.79 Å². The number of nitrogens with zero attached hydrogens (tertiary/aromatic N) is 1. The summed E-state index contributed by atoms with van der Waals surface area (Å²) in [7, 11) is 0. The van der Waals surface area contributed by atoms with Gasteiger partial charge in [-0.15, -0.1) is 0 Å². The monoisotopic (exact) mass is 246 g/mol. The molecule has 0 radical (unpaired) electrons. The molecule has 2 aliphatic carbocycles. The topological polar surface area (TPSA) is 52.9 Å². The van der Waals surface area contributed by atoms with Crippen LogP contribution in [-0.2, 0) is 4.79 Å². The molecule has 1 fully saturated rings. The van der Waals surface area contributed by atoms with Crippen LogP contribution in [-0.4, -0.2) is 11.4 Å². The fraction of sp³-hybridized carbons (Fsp3) is 0.733. The number of fused-ring (bicyclic) bond motifs is 2. The van der Waals surface area contributed by atoms with Crippen LogP contribution in [0.5, 0.6) is 0 Å². The molecule has 0 aromatic heterocycles. The van der Waals surface area contributed by atoms with Crippen molar-refractivity contribution in [2.24, 2.45) is 23.7 Å². The van der Waals surface area contributed by atoms with Crippen LogP contribution in [0, 0.1) is 35.0 Å². The van der Waals surface area contributed by atoms with Gasteiger partial charge in [-0.3, -0.25) is 4.79 Å². The molecule has 2 aliphatic rings. The van der Waals surface area contributed by atoms with Crippen LogP contribution in [0.15, 0.2) is 12.2 Å². The van der Waals surface area contributed by atoms with Gasteiger partial charge in [0, 0.05) is 18.4 Å². The van der Waals surface area contributed by atoms with E-state index in [1.807, 2.05) is 20.8 Å². The van der Waals surface area contributed by atoms with Gasteiger partial charge >= 0.3 is 0 Å². The Morgan fingerprint density at radius 1 is 1.33 bits per heavy atom. The van der Waals surface area contributed by atoms with E-state index in [4.69, 9.17) is 5.26 Å². The SMILES string of the molecule is CC(C)(C)NC(=O)CC1C2C=CC(C2)C1CC#N. The number of allylic oxidation sites excluding steroid dienone is 2. The molecule has 0 aromatic rings. The van der Waals surface area contributed by atoms with Crippen molar-refractivity contribution in [2.75, 3.05) is 0 Å². The zero-order valence-electron chi connectivity index (χ0n) is 11.4. The normalized spacial score (nSPS) is 33.4. The zero-order chi connectivity index (χ0) is 13.3. The molecule has 0 saturated heterocycles. The molecule has 1 saturated carbocycles. The Hall–Kier alpha value is -1.30. The molecule has 0 spiro atoms. The van der Waals surface area contributed by atoms with Crippen molar-refractivity contribution in [3.8, 4) is 6.07 Å². The van der Waals surface area contributed by atoms with E-state index in [1.165, 1.54) is 0 Å². The van der Waals surface area contributed by atoms with Gasteiger partial charge in [0.1, 0.15) is 0 Å². The third-order valence-corrected chi connectivity index (χ3v) is 4.06. The summed E-state index contributed by atoms with van der Waals surface area (Å²) in [5.74, 6) is 1.91. The van der Waals surface area contributed by atoms with Crippen molar-refractivity contribution in [1.82, 2.24) is 5.32 Å². The van der Waals surface area contributed by atoms with Crippen LogP contribution >= 0.6 is 0 Å². The molecule has 0 heterocycles. The van der Waals surface area contributed by atoms with Gasteiger partial charge in [-0.25, -0.2) is 0 Å². The number of hydrogen-bond donors (Lipinski definition) is 1. The largest absolute Gasteiger partial charge is 0.352 e. The Morgan fingerprint density at radius 3 is 2.50 bits per heavy atom. The molecule has 98 valence electrons. The third kappa shape index (κ3) is 2.75. The van der Waals surface area contributed by atoms with Gasteiger partial charge in [0.25, 0.3) is 0 Å². The minimum atomic E-state index is -0.171. The zero-order valence-corrected chi connectivity index (χ0v) is 11.4. The summed E-state index contributed by atoms with van der Waals surface area (Å²) in [6.07, 6.45) is 6.77. The predicted octanol–water partition coefficient (Wildman–Crippen LogP) is 2.64. The maximum absolute atomic E-state index is 12.0. The lowest BCUT2D eigenvalue weighted by Crippen LogP contribution is -2.42. The smallest absolute Gasteiger partial charge is 0.220 e. The van der Waals surface area contributed by atoms with Crippen molar-refractivity contribution in [3.63, 3.8) is 0 Å². The van der Waals surface area contributed by atoms with E-state index in [1.54, 1.807) is 0 Å². The van der Waals surface area contributed by atoms with Gasteiger partial charge in [0.2, 0.25) is 5.91 Å². The molecule has 4 atom stereocenters. The molecule has 3 nitrogen and oxygen atoms in total. The standard InChI is InChI=1S/C15H22N2O/c1-15(2,3)17-14(18)9-13-11-5-4-10(8-11)12(13)6-7-16/h4-5,10-13H,6,8-9H2,1-3H3,(H,17,18). The minimum absolute atomic E-state index is 0.122. The van der Waals surface area contributed by atoms with Gasteiger partial charge in [0.15, 0.2) is 0 Å². The van der Waals surface area contributed by atoms with Crippen LogP contribution in [0.2, 0.25) is 0 Å². The maximum Gasteiger partial charge on any atom is 0.220 e. The molecule has 1 N–H and O–H groups in total. The van der Waals surface area contributed by atoms with Crippen molar-refractivity contribution in [3.05, 3.63) is 12.2 Å². The quantitative estimate of drug-likeness (QED) is 0.778. The number of hydrogen-bond acceptors (Lipinski definition) is 2. The summed E-state index contributed by atoms with van der Waals surface area (Å²) in [5, 5.41) is 11.9. The van der Waals surface area contributed by atoms with Crippen LogP contribution in [0.25, 0.3) is 0 Å². The molecule has 3 heteroatoms. The van der Waals surface area contributed by atoms with Gasteiger partial charge in [-0.1, -0.05) is 12.2 Å². The molecule has 4 unspecified atom stereocenters. The fourth-order valence-electron chi connectivity index (χ4n) is 3.42. The summed E-state index contributed by atoms with van der Waals surface area (Å²) in [5.41, 5.74) is -0.171. The van der Waals surface area contributed by atoms with E-state index >= 15 is 0 Å². The first-order valence-corrected chi connectivity index (χ1v) is 6.77. The van der Waals surface area contributed by atoms with E-state index < -0.39 is 0 Å². The number of carbonyl (C=O) groups excluding carboxylic acids is 1. The van der Waals surface area contributed by atoms with Crippen LogP contribution in [0.1, 0.15) is 40.0 Å². The lowest BCUT2D eigenvalue weighted by molar-refractivity contribution is -0.124. The Labute approximate surface area is 109 Å². The molecular formula is C15H22N2O. The van der Waals surface area contributed by atoms with Crippen LogP contribution in [0.3, 0.4) is 0 Å². The number of rotatable bonds is 3. The average molecular weight is 246 g/mol. The van der Waals surface area contributed by atoms with Crippen molar-refractivity contribution < 1.29 is 4.79 Å². The Balaban J connectivity index is 1.98. The third-order valence-electron chi connectivity index (χ3n) is 4.06. The Bertz CT molecular complexity index is 400. The van der Waals surface area contributed by atoms with Crippen molar-refractivity contribution >= 4 is 5.91 Å². The summed E-state index contributed by atoms with van der Waals surface area (Å²) in [6, 6.07) is 2.28. The first-order chi connectivity index (χ1) is 8.40. The van der Waals surface area contributed by atoms with Crippen molar-refractivity contribution in [2.45, 2.75) is 45.6 Å². The summed E-state index contributed by atoms with van der Waals surface area (Å²) >= 11 is 0. The summed E-state index contributed by atoms with van der Waals surface area (Å²) in [4.78, 5) is 12.0. The first kappa shape index (κ1) is 13.1. The Morgan fingerprint density at radius 2 is 1.94 bits per heavy atom. The second-order valence-corrected chi connectivity index (χ2v) is 6.64. The Kier molecular flexibility index (Phi) is 3.47. The highest BCUT2D eigenvalue weighted by Crippen LogP contribution is 2.50. The molecule has 0 aliphatic heterocycles. The molecular weight excluding hydrogens is 224 g/mol. The van der Waals surface area contributed by atoms with E-state index in [2.05, 4.69) is 23.5 Å². The van der Waals surface area contributed by atoms with Crippen molar-refractivity contribution in [1.29, 1.82) is 5.26 Å². The average Bonchev–Trinajstić information content (AvgIpc) is 2.78. The lowest BCUT2D eigenvalue weighted by Gasteiger charge is -2.28. The van der Waals surface area contributed by atoms with Crippen LogP contribution < -0.4 is 5.32 Å². The van der Waals surface area contributed by atoms with E-state index in [0.29, 0.717) is 36.5 Å².